The number of hydrogen-bond donors (Lipinski definition) is 2. The molecule has 2 N–H and O–H groups in total. The topological polar surface area (TPSA) is 75.3 Å². The van der Waals surface area contributed by atoms with E-state index in [-0.39, 0.29) is 11.4 Å². The van der Waals surface area contributed by atoms with Gasteiger partial charge in [-0.25, -0.2) is 13.1 Å². The summed E-state index contributed by atoms with van der Waals surface area (Å²) < 4.78 is 26.4. The molecule has 19 heavy (non-hydrogen) atoms. The molecule has 0 saturated heterocycles. The first-order chi connectivity index (χ1) is 8.86. The molecular weight excluding hydrogens is 264 g/mol. The van der Waals surface area contributed by atoms with Crippen LogP contribution in [0.2, 0.25) is 0 Å². The number of amides is 1. The average molecular weight is 282 g/mol. The largest absolute Gasteiger partial charge is 0.352 e. The Hall–Kier alpha value is -1.66. The van der Waals surface area contributed by atoms with Gasteiger partial charge in [0.1, 0.15) is 0 Å². The first-order valence-electron chi connectivity index (χ1n) is 5.81. The Labute approximate surface area is 113 Å². The molecule has 5 nitrogen and oxygen atoms in total. The summed E-state index contributed by atoms with van der Waals surface area (Å²) >= 11 is 0. The van der Waals surface area contributed by atoms with E-state index in [1.165, 1.54) is 6.08 Å². The van der Waals surface area contributed by atoms with Crippen molar-refractivity contribution in [3.63, 3.8) is 0 Å². The monoisotopic (exact) mass is 282 g/mol. The molecule has 0 spiro atoms. The fraction of sp³-hybridized carbons (Fsp3) is 0.308. The predicted octanol–water partition coefficient (Wildman–Crippen LogP) is 0.884. The Balaban J connectivity index is 2.79. The minimum Gasteiger partial charge on any atom is -0.352 e. The van der Waals surface area contributed by atoms with Gasteiger partial charge in [-0.2, -0.15) is 0 Å². The second kappa shape index (κ2) is 6.49. The lowest BCUT2D eigenvalue weighted by atomic mass is 10.2. The molecule has 1 aromatic carbocycles. The molecule has 104 valence electrons. The lowest BCUT2D eigenvalue weighted by molar-refractivity contribution is -0.119. The number of carbonyl (C=O) groups is 1. The highest BCUT2D eigenvalue weighted by Crippen LogP contribution is 2.16. The minimum atomic E-state index is -3.67. The highest BCUT2D eigenvalue weighted by atomic mass is 32.2. The van der Waals surface area contributed by atoms with Gasteiger partial charge in [0.25, 0.3) is 0 Å². The third-order valence-electron chi connectivity index (χ3n) is 2.50. The van der Waals surface area contributed by atoms with Crippen LogP contribution in [-0.4, -0.2) is 27.4 Å². The summed E-state index contributed by atoms with van der Waals surface area (Å²) in [6.45, 7) is 7.01. The average Bonchev–Trinajstić information content (AvgIpc) is 2.36. The van der Waals surface area contributed by atoms with Gasteiger partial charge in [0.2, 0.25) is 15.9 Å². The van der Waals surface area contributed by atoms with Crippen LogP contribution in [0.1, 0.15) is 11.1 Å². The zero-order valence-electron chi connectivity index (χ0n) is 11.1. The minimum absolute atomic E-state index is 0.198. The van der Waals surface area contributed by atoms with Crippen molar-refractivity contribution in [3.8, 4) is 0 Å². The Morgan fingerprint density at radius 3 is 2.68 bits per heavy atom. The van der Waals surface area contributed by atoms with Crippen molar-refractivity contribution in [2.45, 2.75) is 18.7 Å². The SMILES string of the molecule is C=CCNC(=O)CNS(=O)(=O)c1cc(C)ccc1C. The van der Waals surface area contributed by atoms with Crippen molar-refractivity contribution in [2.75, 3.05) is 13.1 Å². The highest BCUT2D eigenvalue weighted by Gasteiger charge is 2.17. The number of sulfonamides is 1. The third kappa shape index (κ3) is 4.50. The lowest BCUT2D eigenvalue weighted by Crippen LogP contribution is -2.37. The Morgan fingerprint density at radius 2 is 2.05 bits per heavy atom. The molecule has 0 atom stereocenters. The quantitative estimate of drug-likeness (QED) is 0.761. The van der Waals surface area contributed by atoms with Crippen molar-refractivity contribution in [2.24, 2.45) is 0 Å². The van der Waals surface area contributed by atoms with Crippen LogP contribution >= 0.6 is 0 Å². The highest BCUT2D eigenvalue weighted by molar-refractivity contribution is 7.89. The molecule has 6 heteroatoms. The molecule has 0 aliphatic heterocycles. The van der Waals surface area contributed by atoms with Gasteiger partial charge in [-0.15, -0.1) is 6.58 Å². The van der Waals surface area contributed by atoms with Gasteiger partial charge in [0, 0.05) is 6.54 Å². The van der Waals surface area contributed by atoms with Gasteiger partial charge in [-0.1, -0.05) is 18.2 Å². The van der Waals surface area contributed by atoms with Crippen LogP contribution in [0.4, 0.5) is 0 Å². The summed E-state index contributed by atoms with van der Waals surface area (Å²) in [7, 11) is -3.67. The lowest BCUT2D eigenvalue weighted by Gasteiger charge is -2.10. The number of benzene rings is 1. The molecule has 0 aliphatic carbocycles. The summed E-state index contributed by atoms with van der Waals surface area (Å²) in [6.07, 6.45) is 1.52. The van der Waals surface area contributed by atoms with Gasteiger partial charge in [0.05, 0.1) is 11.4 Å². The van der Waals surface area contributed by atoms with E-state index in [1.807, 2.05) is 13.0 Å². The molecule has 1 aromatic rings. The number of aryl methyl sites for hydroxylation is 2. The van der Waals surface area contributed by atoms with Crippen LogP contribution in [0, 0.1) is 13.8 Å². The van der Waals surface area contributed by atoms with E-state index in [4.69, 9.17) is 0 Å². The second-order valence-electron chi connectivity index (χ2n) is 4.19. The zero-order chi connectivity index (χ0) is 14.5. The Bertz CT molecular complexity index is 580. The molecule has 0 radical (unpaired) electrons. The van der Waals surface area contributed by atoms with Gasteiger partial charge >= 0.3 is 0 Å². The first kappa shape index (κ1) is 15.4. The fourth-order valence-corrected chi connectivity index (χ4v) is 2.79. The summed E-state index contributed by atoms with van der Waals surface area (Å²) in [5, 5.41) is 2.50. The molecule has 0 fully saturated rings. The summed E-state index contributed by atoms with van der Waals surface area (Å²) in [5.74, 6) is -0.395. The first-order valence-corrected chi connectivity index (χ1v) is 7.29. The van der Waals surface area contributed by atoms with Gasteiger partial charge in [-0.3, -0.25) is 4.79 Å². The smallest absolute Gasteiger partial charge is 0.241 e. The normalized spacial score (nSPS) is 11.1. The van der Waals surface area contributed by atoms with Crippen LogP contribution in [0.15, 0.2) is 35.7 Å². The van der Waals surface area contributed by atoms with E-state index in [9.17, 15) is 13.2 Å². The molecule has 0 heterocycles. The third-order valence-corrected chi connectivity index (χ3v) is 4.04. The maximum absolute atomic E-state index is 12.1. The summed E-state index contributed by atoms with van der Waals surface area (Å²) in [6, 6.07) is 5.16. The Kier molecular flexibility index (Phi) is 5.26. The van der Waals surface area contributed by atoms with Crippen LogP contribution in [0.5, 0.6) is 0 Å². The zero-order valence-corrected chi connectivity index (χ0v) is 11.9. The number of nitrogens with one attached hydrogen (secondary N) is 2. The molecule has 0 unspecified atom stereocenters. The van der Waals surface area contributed by atoms with Gasteiger partial charge < -0.3 is 5.32 Å². The van der Waals surface area contributed by atoms with E-state index in [1.54, 1.807) is 19.1 Å². The summed E-state index contributed by atoms with van der Waals surface area (Å²) in [4.78, 5) is 11.5. The van der Waals surface area contributed by atoms with Gasteiger partial charge in [-0.05, 0) is 31.0 Å². The molecule has 1 rings (SSSR count). The number of hydrogen-bond acceptors (Lipinski definition) is 3. The van der Waals surface area contributed by atoms with Crippen molar-refractivity contribution in [1.82, 2.24) is 10.0 Å². The molecule has 0 bridgehead atoms. The van der Waals surface area contributed by atoms with Crippen LogP contribution in [0.3, 0.4) is 0 Å². The summed E-state index contributed by atoms with van der Waals surface area (Å²) in [5.41, 5.74) is 1.49. The van der Waals surface area contributed by atoms with Crippen molar-refractivity contribution in [1.29, 1.82) is 0 Å². The van der Waals surface area contributed by atoms with Gasteiger partial charge in [0.15, 0.2) is 0 Å². The van der Waals surface area contributed by atoms with E-state index in [0.29, 0.717) is 12.1 Å². The van der Waals surface area contributed by atoms with Crippen LogP contribution < -0.4 is 10.0 Å². The molecular formula is C13H18N2O3S. The van der Waals surface area contributed by atoms with Crippen LogP contribution in [0.25, 0.3) is 0 Å². The standard InChI is InChI=1S/C13H18N2O3S/c1-4-7-14-13(16)9-15-19(17,18)12-8-10(2)5-6-11(12)3/h4-6,8,15H,1,7,9H2,2-3H3,(H,14,16). The maximum Gasteiger partial charge on any atom is 0.241 e. The van der Waals surface area contributed by atoms with E-state index < -0.39 is 15.9 Å². The second-order valence-corrected chi connectivity index (χ2v) is 5.92. The number of rotatable bonds is 6. The Morgan fingerprint density at radius 1 is 1.37 bits per heavy atom. The molecule has 1 amide bonds. The van der Waals surface area contributed by atoms with Crippen molar-refractivity contribution >= 4 is 15.9 Å². The van der Waals surface area contributed by atoms with Crippen molar-refractivity contribution in [3.05, 3.63) is 42.0 Å². The molecule has 0 saturated carbocycles. The van der Waals surface area contributed by atoms with E-state index in [2.05, 4.69) is 16.6 Å². The maximum atomic E-state index is 12.1. The molecule has 0 aromatic heterocycles. The van der Waals surface area contributed by atoms with Crippen LogP contribution in [-0.2, 0) is 14.8 Å². The molecule has 0 aliphatic rings. The predicted molar refractivity (Wildman–Crippen MR) is 74.3 cm³/mol. The van der Waals surface area contributed by atoms with Crippen molar-refractivity contribution < 1.29 is 13.2 Å². The number of carbonyl (C=O) groups excluding carboxylic acids is 1. The fourth-order valence-electron chi connectivity index (χ4n) is 1.48. The van der Waals surface area contributed by atoms with E-state index in [0.717, 1.165) is 5.56 Å². The van der Waals surface area contributed by atoms with E-state index >= 15 is 0 Å².